The molecule has 0 spiro atoms. The Balaban J connectivity index is 1.53. The summed E-state index contributed by atoms with van der Waals surface area (Å²) in [5.41, 5.74) is 3.90. The van der Waals surface area contributed by atoms with E-state index in [1.165, 1.54) is 11.1 Å². The maximum absolute atomic E-state index is 12.8. The topological polar surface area (TPSA) is 89.4 Å². The smallest absolute Gasteiger partial charge is 0.259 e. The standard InChI is InChI=1S/C19H18N6O2/c1-12-5-4-6-14(7-12)17-22-16(27-23-17)11-24(3)19(26)15-9-21-25-10-13(2)8-20-18(15)25/h4-10H,11H2,1-3H3. The predicted octanol–water partition coefficient (Wildman–Crippen LogP) is 2.67. The van der Waals surface area contributed by atoms with E-state index in [1.807, 2.05) is 44.3 Å². The fraction of sp³-hybridized carbons (Fsp3) is 0.211. The molecule has 1 aromatic carbocycles. The van der Waals surface area contributed by atoms with Gasteiger partial charge < -0.3 is 9.42 Å². The van der Waals surface area contributed by atoms with Gasteiger partial charge in [0.05, 0.1) is 6.20 Å². The molecule has 0 aliphatic heterocycles. The second kappa shape index (κ2) is 6.64. The van der Waals surface area contributed by atoms with Crippen molar-refractivity contribution < 1.29 is 9.32 Å². The Bertz CT molecular complexity index is 1130. The molecule has 0 saturated carbocycles. The molecule has 1 amide bonds. The zero-order chi connectivity index (χ0) is 19.0. The molecule has 8 heteroatoms. The minimum Gasteiger partial charge on any atom is -0.337 e. The van der Waals surface area contributed by atoms with Crippen molar-refractivity contribution in [3.8, 4) is 11.4 Å². The first kappa shape index (κ1) is 16.9. The number of carbonyl (C=O) groups is 1. The first-order chi connectivity index (χ1) is 13.0. The Hall–Kier alpha value is -3.55. The third kappa shape index (κ3) is 3.29. The monoisotopic (exact) mass is 362 g/mol. The van der Waals surface area contributed by atoms with Crippen LogP contribution in [0, 0.1) is 13.8 Å². The van der Waals surface area contributed by atoms with Gasteiger partial charge in [-0.15, -0.1) is 0 Å². The molecule has 8 nitrogen and oxygen atoms in total. The second-order valence-corrected chi connectivity index (χ2v) is 6.50. The van der Waals surface area contributed by atoms with Crippen LogP contribution in [0.15, 0.2) is 47.4 Å². The summed E-state index contributed by atoms with van der Waals surface area (Å²) >= 11 is 0. The van der Waals surface area contributed by atoms with E-state index in [0.29, 0.717) is 22.9 Å². The van der Waals surface area contributed by atoms with Crippen LogP contribution in [0.5, 0.6) is 0 Å². The minimum absolute atomic E-state index is 0.195. The normalized spacial score (nSPS) is 11.1. The van der Waals surface area contributed by atoms with Gasteiger partial charge in [-0.05, 0) is 25.5 Å². The molecule has 0 radical (unpaired) electrons. The summed E-state index contributed by atoms with van der Waals surface area (Å²) in [5, 5.41) is 8.21. The highest BCUT2D eigenvalue weighted by Gasteiger charge is 2.20. The highest BCUT2D eigenvalue weighted by Crippen LogP contribution is 2.18. The van der Waals surface area contributed by atoms with E-state index in [2.05, 4.69) is 20.2 Å². The van der Waals surface area contributed by atoms with Crippen LogP contribution in [0.2, 0.25) is 0 Å². The van der Waals surface area contributed by atoms with Gasteiger partial charge in [-0.1, -0.05) is 28.9 Å². The Morgan fingerprint density at radius 2 is 2.07 bits per heavy atom. The van der Waals surface area contributed by atoms with E-state index in [-0.39, 0.29) is 12.5 Å². The van der Waals surface area contributed by atoms with Gasteiger partial charge in [0.1, 0.15) is 12.1 Å². The average molecular weight is 362 g/mol. The molecule has 0 bridgehead atoms. The van der Waals surface area contributed by atoms with Crippen molar-refractivity contribution in [1.82, 2.24) is 29.6 Å². The molecule has 136 valence electrons. The molecule has 0 aliphatic carbocycles. The molecule has 3 aromatic heterocycles. The zero-order valence-corrected chi connectivity index (χ0v) is 15.2. The number of fused-ring (bicyclic) bond motifs is 1. The van der Waals surface area contributed by atoms with Crippen molar-refractivity contribution in [2.75, 3.05) is 7.05 Å². The molecule has 0 saturated heterocycles. The van der Waals surface area contributed by atoms with E-state index in [0.717, 1.165) is 16.7 Å². The maximum atomic E-state index is 12.8. The van der Waals surface area contributed by atoms with Crippen LogP contribution < -0.4 is 0 Å². The number of benzene rings is 1. The van der Waals surface area contributed by atoms with Gasteiger partial charge >= 0.3 is 0 Å². The first-order valence-corrected chi connectivity index (χ1v) is 8.46. The summed E-state index contributed by atoms with van der Waals surface area (Å²) < 4.78 is 6.91. The predicted molar refractivity (Wildman–Crippen MR) is 98.0 cm³/mol. The van der Waals surface area contributed by atoms with Crippen molar-refractivity contribution in [2.24, 2.45) is 0 Å². The van der Waals surface area contributed by atoms with Crippen LogP contribution in [-0.4, -0.2) is 42.6 Å². The summed E-state index contributed by atoms with van der Waals surface area (Å²) in [7, 11) is 1.68. The third-order valence-electron chi connectivity index (χ3n) is 4.18. The number of rotatable bonds is 4. The fourth-order valence-electron chi connectivity index (χ4n) is 2.82. The number of aromatic nitrogens is 5. The Kier molecular flexibility index (Phi) is 4.15. The summed E-state index contributed by atoms with van der Waals surface area (Å²) in [5.74, 6) is 0.655. The zero-order valence-electron chi connectivity index (χ0n) is 15.2. The van der Waals surface area contributed by atoms with Crippen LogP contribution in [-0.2, 0) is 6.54 Å². The fourth-order valence-corrected chi connectivity index (χ4v) is 2.82. The Morgan fingerprint density at radius 1 is 1.22 bits per heavy atom. The van der Waals surface area contributed by atoms with Gasteiger partial charge in [0, 0.05) is 25.0 Å². The van der Waals surface area contributed by atoms with Gasteiger partial charge in [-0.2, -0.15) is 10.1 Å². The summed E-state index contributed by atoms with van der Waals surface area (Å²) in [6.07, 6.45) is 5.05. The number of aryl methyl sites for hydroxylation is 2. The number of amides is 1. The number of carbonyl (C=O) groups excluding carboxylic acids is 1. The van der Waals surface area contributed by atoms with Crippen LogP contribution in [0.4, 0.5) is 0 Å². The molecule has 0 aliphatic rings. The number of hydrogen-bond donors (Lipinski definition) is 0. The molecule has 0 fully saturated rings. The summed E-state index contributed by atoms with van der Waals surface area (Å²) in [6, 6.07) is 7.85. The van der Waals surface area contributed by atoms with E-state index >= 15 is 0 Å². The lowest BCUT2D eigenvalue weighted by molar-refractivity contribution is 0.0771. The van der Waals surface area contributed by atoms with Crippen molar-refractivity contribution in [3.05, 3.63) is 65.4 Å². The highest BCUT2D eigenvalue weighted by molar-refractivity contribution is 5.99. The average Bonchev–Trinajstić information content (AvgIpc) is 3.27. The minimum atomic E-state index is -0.211. The number of nitrogens with zero attached hydrogens (tertiary/aromatic N) is 6. The second-order valence-electron chi connectivity index (χ2n) is 6.50. The first-order valence-electron chi connectivity index (χ1n) is 8.46. The molecule has 0 unspecified atom stereocenters. The molecule has 4 aromatic rings. The third-order valence-corrected chi connectivity index (χ3v) is 4.18. The van der Waals surface area contributed by atoms with E-state index < -0.39 is 0 Å². The van der Waals surface area contributed by atoms with Crippen molar-refractivity contribution in [3.63, 3.8) is 0 Å². The van der Waals surface area contributed by atoms with Gasteiger partial charge in [-0.25, -0.2) is 9.50 Å². The van der Waals surface area contributed by atoms with Crippen molar-refractivity contribution >= 4 is 11.6 Å². The van der Waals surface area contributed by atoms with Crippen LogP contribution in [0.25, 0.3) is 17.0 Å². The lowest BCUT2D eigenvalue weighted by atomic mass is 10.1. The van der Waals surface area contributed by atoms with Gasteiger partial charge in [0.15, 0.2) is 5.65 Å². The van der Waals surface area contributed by atoms with Crippen LogP contribution >= 0.6 is 0 Å². The molecule has 3 heterocycles. The Labute approximate surface area is 155 Å². The molecule has 27 heavy (non-hydrogen) atoms. The van der Waals surface area contributed by atoms with Crippen molar-refractivity contribution in [1.29, 1.82) is 0 Å². The lowest BCUT2D eigenvalue weighted by Gasteiger charge is -2.13. The largest absolute Gasteiger partial charge is 0.337 e. The maximum Gasteiger partial charge on any atom is 0.259 e. The SMILES string of the molecule is Cc1cccc(-c2noc(CN(C)C(=O)c3cnn4cc(C)cnc34)n2)c1. The van der Waals surface area contributed by atoms with Crippen LogP contribution in [0.3, 0.4) is 0 Å². The van der Waals surface area contributed by atoms with Gasteiger partial charge in [-0.3, -0.25) is 4.79 Å². The lowest BCUT2D eigenvalue weighted by Crippen LogP contribution is -2.26. The van der Waals surface area contributed by atoms with E-state index in [4.69, 9.17) is 4.52 Å². The molecule has 4 rings (SSSR count). The number of hydrogen-bond acceptors (Lipinski definition) is 6. The van der Waals surface area contributed by atoms with Crippen molar-refractivity contribution in [2.45, 2.75) is 20.4 Å². The summed E-state index contributed by atoms with van der Waals surface area (Å²) in [6.45, 7) is 4.12. The van der Waals surface area contributed by atoms with Gasteiger partial charge in [0.2, 0.25) is 11.7 Å². The molecule has 0 N–H and O–H groups in total. The van der Waals surface area contributed by atoms with E-state index in [1.54, 1.807) is 17.8 Å². The van der Waals surface area contributed by atoms with E-state index in [9.17, 15) is 4.79 Å². The van der Waals surface area contributed by atoms with Gasteiger partial charge in [0.25, 0.3) is 5.91 Å². The Morgan fingerprint density at radius 3 is 2.89 bits per heavy atom. The highest BCUT2D eigenvalue weighted by atomic mass is 16.5. The molecular formula is C19H18N6O2. The van der Waals surface area contributed by atoms with Crippen LogP contribution in [0.1, 0.15) is 27.4 Å². The molecule has 0 atom stereocenters. The summed E-state index contributed by atoms with van der Waals surface area (Å²) in [4.78, 5) is 23.0. The molecular weight excluding hydrogens is 344 g/mol. The quantitative estimate of drug-likeness (QED) is 0.554.